The smallest absolute Gasteiger partial charge is 0.227 e. The van der Waals surface area contributed by atoms with Crippen LogP contribution in [0.4, 0.5) is 5.69 Å². The zero-order valence-electron chi connectivity index (χ0n) is 15.3. The number of nitrogens with zero attached hydrogens (tertiary/aromatic N) is 1. The fourth-order valence-corrected chi connectivity index (χ4v) is 3.76. The second-order valence-electron chi connectivity index (χ2n) is 7.00. The van der Waals surface area contributed by atoms with Gasteiger partial charge in [0.2, 0.25) is 11.8 Å². The second-order valence-corrected chi connectivity index (χ2v) is 7.00. The van der Waals surface area contributed by atoms with Gasteiger partial charge in [-0.3, -0.25) is 9.59 Å². The van der Waals surface area contributed by atoms with Crippen molar-refractivity contribution in [2.75, 3.05) is 18.6 Å². The minimum atomic E-state index is -0.349. The zero-order valence-corrected chi connectivity index (χ0v) is 15.3. The van der Waals surface area contributed by atoms with E-state index in [1.165, 1.54) is 11.1 Å². The Balaban J connectivity index is 1.39. The number of methoxy groups -OCH3 is 1. The molecule has 1 saturated heterocycles. The molecular formula is C21H23N3O3. The van der Waals surface area contributed by atoms with Gasteiger partial charge in [0, 0.05) is 32.6 Å². The summed E-state index contributed by atoms with van der Waals surface area (Å²) in [5, 5.41) is 6.30. The van der Waals surface area contributed by atoms with Crippen molar-refractivity contribution in [1.29, 1.82) is 0 Å². The van der Waals surface area contributed by atoms with Gasteiger partial charge in [-0.25, -0.2) is 0 Å². The first-order chi connectivity index (χ1) is 13.2. The Morgan fingerprint density at radius 3 is 2.89 bits per heavy atom. The van der Waals surface area contributed by atoms with Gasteiger partial charge < -0.3 is 20.3 Å². The van der Waals surface area contributed by atoms with Crippen molar-refractivity contribution in [2.24, 2.45) is 5.92 Å². The third-order valence-electron chi connectivity index (χ3n) is 5.24. The van der Waals surface area contributed by atoms with Crippen molar-refractivity contribution < 1.29 is 14.3 Å². The van der Waals surface area contributed by atoms with Crippen LogP contribution in [-0.4, -0.2) is 25.5 Å². The van der Waals surface area contributed by atoms with E-state index < -0.39 is 0 Å². The molecule has 4 rings (SSSR count). The van der Waals surface area contributed by atoms with Crippen molar-refractivity contribution in [3.63, 3.8) is 0 Å². The highest BCUT2D eigenvalue weighted by atomic mass is 16.5. The molecule has 2 N–H and O–H groups in total. The maximum atomic E-state index is 12.6. The molecule has 0 bridgehead atoms. The molecule has 6 nitrogen and oxygen atoms in total. The van der Waals surface area contributed by atoms with Crippen LogP contribution in [-0.2, 0) is 29.2 Å². The van der Waals surface area contributed by atoms with Crippen LogP contribution in [0.2, 0.25) is 0 Å². The number of nitrogens with one attached hydrogen (secondary N) is 2. The topological polar surface area (TPSA) is 70.7 Å². The SMILES string of the molecule is COc1ccccc1N1CC(C(=O)NCc2ccc3c(c2)CNC3)CC1=O. The molecule has 2 aliphatic rings. The fourth-order valence-electron chi connectivity index (χ4n) is 3.76. The Bertz CT molecular complexity index is 881. The Morgan fingerprint density at radius 2 is 2.04 bits per heavy atom. The van der Waals surface area contributed by atoms with Crippen molar-refractivity contribution in [3.8, 4) is 5.75 Å². The molecule has 2 aromatic carbocycles. The third-order valence-corrected chi connectivity index (χ3v) is 5.24. The average molecular weight is 365 g/mol. The van der Waals surface area contributed by atoms with Crippen LogP contribution in [0, 0.1) is 5.92 Å². The quantitative estimate of drug-likeness (QED) is 0.850. The Hall–Kier alpha value is -2.86. The van der Waals surface area contributed by atoms with Crippen molar-refractivity contribution in [1.82, 2.24) is 10.6 Å². The summed E-state index contributed by atoms with van der Waals surface area (Å²) in [6.45, 7) is 2.64. The molecule has 2 amide bonds. The summed E-state index contributed by atoms with van der Waals surface area (Å²) in [5.41, 5.74) is 4.40. The number of fused-ring (bicyclic) bond motifs is 1. The first-order valence-corrected chi connectivity index (χ1v) is 9.18. The van der Waals surface area contributed by atoms with Crippen LogP contribution >= 0.6 is 0 Å². The van der Waals surface area contributed by atoms with E-state index in [0.717, 1.165) is 18.7 Å². The normalized spacial score (nSPS) is 18.5. The number of hydrogen-bond donors (Lipinski definition) is 2. The van der Waals surface area contributed by atoms with Crippen LogP contribution < -0.4 is 20.3 Å². The average Bonchev–Trinajstić information content (AvgIpc) is 3.32. The summed E-state index contributed by atoms with van der Waals surface area (Å²) in [4.78, 5) is 26.7. The Morgan fingerprint density at radius 1 is 1.22 bits per heavy atom. The summed E-state index contributed by atoms with van der Waals surface area (Å²) in [6, 6.07) is 13.7. The predicted molar refractivity (Wildman–Crippen MR) is 102 cm³/mol. The monoisotopic (exact) mass is 365 g/mol. The van der Waals surface area contributed by atoms with Crippen molar-refractivity contribution in [3.05, 3.63) is 59.2 Å². The summed E-state index contributed by atoms with van der Waals surface area (Å²) < 4.78 is 5.34. The van der Waals surface area contributed by atoms with Gasteiger partial charge in [-0.05, 0) is 28.8 Å². The first kappa shape index (κ1) is 17.5. The van der Waals surface area contributed by atoms with Crippen LogP contribution in [0.1, 0.15) is 23.1 Å². The fraction of sp³-hybridized carbons (Fsp3) is 0.333. The van der Waals surface area contributed by atoms with Crippen LogP contribution in [0.15, 0.2) is 42.5 Å². The minimum Gasteiger partial charge on any atom is -0.495 e. The molecule has 27 heavy (non-hydrogen) atoms. The standard InChI is InChI=1S/C21H23N3O3/c1-27-19-5-3-2-4-18(19)24-13-17(9-20(24)25)21(26)23-10-14-6-7-15-11-22-12-16(15)8-14/h2-8,17,22H,9-13H2,1H3,(H,23,26). The number of carbonyl (C=O) groups is 2. The number of carbonyl (C=O) groups excluding carboxylic acids is 2. The molecule has 1 atom stereocenters. The minimum absolute atomic E-state index is 0.0525. The van der Waals surface area contributed by atoms with E-state index in [1.54, 1.807) is 12.0 Å². The summed E-state index contributed by atoms with van der Waals surface area (Å²) in [6.07, 6.45) is 0.220. The van der Waals surface area contributed by atoms with E-state index in [-0.39, 0.29) is 24.2 Å². The van der Waals surface area contributed by atoms with E-state index in [4.69, 9.17) is 4.74 Å². The highest BCUT2D eigenvalue weighted by Gasteiger charge is 2.36. The first-order valence-electron chi connectivity index (χ1n) is 9.18. The molecule has 0 saturated carbocycles. The molecule has 2 heterocycles. The number of hydrogen-bond acceptors (Lipinski definition) is 4. The Kier molecular flexibility index (Phi) is 4.81. The Labute approximate surface area is 158 Å². The number of para-hydroxylation sites is 2. The lowest BCUT2D eigenvalue weighted by atomic mass is 10.1. The molecule has 140 valence electrons. The number of anilines is 1. The summed E-state index contributed by atoms with van der Waals surface area (Å²) >= 11 is 0. The molecule has 0 spiro atoms. The second kappa shape index (κ2) is 7.40. The van der Waals surface area contributed by atoms with Crippen LogP contribution in [0.3, 0.4) is 0 Å². The molecule has 2 aromatic rings. The van der Waals surface area contributed by atoms with E-state index in [1.807, 2.05) is 30.3 Å². The van der Waals surface area contributed by atoms with Gasteiger partial charge in [0.1, 0.15) is 5.75 Å². The lowest BCUT2D eigenvalue weighted by Crippen LogP contribution is -2.32. The lowest BCUT2D eigenvalue weighted by Gasteiger charge is -2.19. The van der Waals surface area contributed by atoms with Crippen molar-refractivity contribution >= 4 is 17.5 Å². The molecular weight excluding hydrogens is 342 g/mol. The zero-order chi connectivity index (χ0) is 18.8. The molecule has 2 aliphatic heterocycles. The number of rotatable bonds is 5. The van der Waals surface area contributed by atoms with Crippen LogP contribution in [0.25, 0.3) is 0 Å². The maximum Gasteiger partial charge on any atom is 0.227 e. The predicted octanol–water partition coefficient (Wildman–Crippen LogP) is 1.97. The van der Waals surface area contributed by atoms with Crippen molar-refractivity contribution in [2.45, 2.75) is 26.1 Å². The molecule has 1 unspecified atom stereocenters. The maximum absolute atomic E-state index is 12.6. The lowest BCUT2D eigenvalue weighted by molar-refractivity contribution is -0.126. The highest BCUT2D eigenvalue weighted by Crippen LogP contribution is 2.32. The highest BCUT2D eigenvalue weighted by molar-refractivity contribution is 6.01. The summed E-state index contributed by atoms with van der Waals surface area (Å²) in [7, 11) is 1.58. The number of amides is 2. The number of ether oxygens (including phenoxy) is 1. The van der Waals surface area contributed by atoms with Gasteiger partial charge in [-0.1, -0.05) is 30.3 Å². The molecule has 6 heteroatoms. The van der Waals surface area contributed by atoms with E-state index in [0.29, 0.717) is 24.5 Å². The van der Waals surface area contributed by atoms with Gasteiger partial charge in [0.25, 0.3) is 0 Å². The molecule has 0 aromatic heterocycles. The van der Waals surface area contributed by atoms with Gasteiger partial charge in [0.05, 0.1) is 18.7 Å². The van der Waals surface area contributed by atoms with E-state index in [9.17, 15) is 9.59 Å². The van der Waals surface area contributed by atoms with Gasteiger partial charge in [-0.2, -0.15) is 0 Å². The van der Waals surface area contributed by atoms with Gasteiger partial charge >= 0.3 is 0 Å². The summed E-state index contributed by atoms with van der Waals surface area (Å²) in [5.74, 6) is 0.153. The molecule has 0 radical (unpaired) electrons. The van der Waals surface area contributed by atoms with Crippen LogP contribution in [0.5, 0.6) is 5.75 Å². The molecule has 1 fully saturated rings. The van der Waals surface area contributed by atoms with Gasteiger partial charge in [0.15, 0.2) is 0 Å². The van der Waals surface area contributed by atoms with E-state index in [2.05, 4.69) is 22.8 Å². The van der Waals surface area contributed by atoms with Gasteiger partial charge in [-0.15, -0.1) is 0 Å². The molecule has 0 aliphatic carbocycles. The van der Waals surface area contributed by atoms with E-state index >= 15 is 0 Å². The third kappa shape index (κ3) is 3.53. The number of benzene rings is 2. The largest absolute Gasteiger partial charge is 0.495 e.